The first-order valence-corrected chi connectivity index (χ1v) is 10.7. The van der Waals surface area contributed by atoms with E-state index in [2.05, 4.69) is 10.00 Å². The zero-order chi connectivity index (χ0) is 21.5. The minimum Gasteiger partial charge on any atom is -0.344 e. The van der Waals surface area contributed by atoms with Gasteiger partial charge in [-0.1, -0.05) is 23.5 Å². The average molecular weight is 439 g/mol. The summed E-state index contributed by atoms with van der Waals surface area (Å²) in [4.78, 5) is 21.2. The van der Waals surface area contributed by atoms with Gasteiger partial charge in [-0.05, 0) is 43.3 Å². The van der Waals surface area contributed by atoms with E-state index in [1.165, 1.54) is 24.3 Å². The molecule has 2 aromatic heterocycles. The van der Waals surface area contributed by atoms with E-state index in [1.54, 1.807) is 45.2 Å². The molecule has 0 N–H and O–H groups in total. The number of hydrogen-bond acceptors (Lipinski definition) is 5. The Hall–Kier alpha value is -3.33. The van der Waals surface area contributed by atoms with Crippen molar-refractivity contribution in [2.24, 2.45) is 0 Å². The van der Waals surface area contributed by atoms with E-state index >= 15 is 0 Å². The van der Waals surface area contributed by atoms with Gasteiger partial charge >= 0.3 is 0 Å². The molecule has 4 aromatic rings. The normalized spacial score (nSPS) is 14.4. The first-order chi connectivity index (χ1) is 15.0. The second-order valence-corrected chi connectivity index (χ2v) is 8.36. The summed E-state index contributed by atoms with van der Waals surface area (Å²) < 4.78 is 30.0. The summed E-state index contributed by atoms with van der Waals surface area (Å²) in [5.74, 6) is -1.09. The van der Waals surface area contributed by atoms with Crippen LogP contribution in [-0.2, 0) is 0 Å². The number of carbonyl (C=O) groups is 1. The van der Waals surface area contributed by atoms with Gasteiger partial charge in [-0.2, -0.15) is 10.1 Å². The lowest BCUT2D eigenvalue weighted by Gasteiger charge is -2.34. The molecule has 0 atom stereocenters. The van der Waals surface area contributed by atoms with Gasteiger partial charge in [0.05, 0.1) is 21.6 Å². The molecule has 0 saturated carbocycles. The minimum absolute atomic E-state index is 0.103. The fraction of sp³-hybridized carbons (Fsp3) is 0.227. The Kier molecular flexibility index (Phi) is 4.90. The van der Waals surface area contributed by atoms with Crippen molar-refractivity contribution in [1.29, 1.82) is 0 Å². The van der Waals surface area contributed by atoms with Gasteiger partial charge in [-0.15, -0.1) is 0 Å². The Balaban J connectivity index is 1.35. The zero-order valence-electron chi connectivity index (χ0n) is 16.8. The highest BCUT2D eigenvalue weighted by molar-refractivity contribution is 7.22. The van der Waals surface area contributed by atoms with Gasteiger partial charge in [0.15, 0.2) is 10.8 Å². The first-order valence-electron chi connectivity index (χ1n) is 9.92. The number of carbonyl (C=O) groups excluding carboxylic acids is 1. The van der Waals surface area contributed by atoms with Crippen LogP contribution in [0.4, 0.5) is 13.9 Å². The highest BCUT2D eigenvalue weighted by Crippen LogP contribution is 2.33. The molecule has 2 aromatic carbocycles. The number of halogens is 2. The lowest BCUT2D eigenvalue weighted by atomic mass is 10.1. The van der Waals surface area contributed by atoms with E-state index in [4.69, 9.17) is 4.98 Å². The summed E-state index contributed by atoms with van der Waals surface area (Å²) in [6.07, 6.45) is 0. The number of hydrogen-bond donors (Lipinski definition) is 0. The van der Waals surface area contributed by atoms with Crippen molar-refractivity contribution in [3.63, 3.8) is 0 Å². The van der Waals surface area contributed by atoms with Crippen molar-refractivity contribution in [3.05, 3.63) is 71.4 Å². The molecule has 0 spiro atoms. The number of anilines is 1. The zero-order valence-corrected chi connectivity index (χ0v) is 17.6. The summed E-state index contributed by atoms with van der Waals surface area (Å²) in [6, 6.07) is 12.2. The molecule has 5 rings (SSSR count). The van der Waals surface area contributed by atoms with Crippen LogP contribution in [-0.4, -0.2) is 51.8 Å². The van der Waals surface area contributed by atoms with E-state index in [-0.39, 0.29) is 17.3 Å². The van der Waals surface area contributed by atoms with Crippen molar-refractivity contribution in [2.45, 2.75) is 6.92 Å². The predicted octanol–water partition coefficient (Wildman–Crippen LogP) is 4.03. The highest BCUT2D eigenvalue weighted by atomic mass is 32.1. The third-order valence-electron chi connectivity index (χ3n) is 5.39. The molecule has 1 saturated heterocycles. The third-order valence-corrected chi connectivity index (χ3v) is 6.60. The minimum atomic E-state index is -0.498. The molecular formula is C22H19F2N5OS. The Labute approximate surface area is 181 Å². The van der Waals surface area contributed by atoms with Crippen molar-refractivity contribution in [3.8, 4) is 5.69 Å². The number of nitrogens with zero attached hydrogens (tertiary/aromatic N) is 5. The monoisotopic (exact) mass is 439 g/mol. The maximum Gasteiger partial charge on any atom is 0.256 e. The number of amides is 1. The van der Waals surface area contributed by atoms with Crippen LogP contribution in [0, 0.1) is 18.6 Å². The van der Waals surface area contributed by atoms with Crippen LogP contribution < -0.4 is 4.90 Å². The topological polar surface area (TPSA) is 54.3 Å². The molecule has 0 radical (unpaired) electrons. The molecule has 0 aliphatic carbocycles. The van der Waals surface area contributed by atoms with E-state index in [0.717, 1.165) is 26.9 Å². The maximum absolute atomic E-state index is 14.0. The van der Waals surface area contributed by atoms with Gasteiger partial charge in [0.25, 0.3) is 5.91 Å². The quantitative estimate of drug-likeness (QED) is 0.484. The van der Waals surface area contributed by atoms with Crippen LogP contribution in [0.25, 0.3) is 16.0 Å². The fourth-order valence-corrected chi connectivity index (χ4v) is 4.76. The van der Waals surface area contributed by atoms with Crippen molar-refractivity contribution in [1.82, 2.24) is 19.7 Å². The molecule has 6 nitrogen and oxygen atoms in total. The predicted molar refractivity (Wildman–Crippen MR) is 116 cm³/mol. The molecule has 1 aliphatic rings. The van der Waals surface area contributed by atoms with Gasteiger partial charge < -0.3 is 9.80 Å². The highest BCUT2D eigenvalue weighted by Gasteiger charge is 2.26. The van der Waals surface area contributed by atoms with Crippen molar-refractivity contribution < 1.29 is 13.6 Å². The van der Waals surface area contributed by atoms with Gasteiger partial charge in [0.1, 0.15) is 11.6 Å². The summed E-state index contributed by atoms with van der Waals surface area (Å²) >= 11 is 1.55. The van der Waals surface area contributed by atoms with Crippen LogP contribution in [0.3, 0.4) is 0 Å². The molecule has 1 aliphatic heterocycles. The van der Waals surface area contributed by atoms with E-state index in [1.807, 2.05) is 6.92 Å². The molecule has 31 heavy (non-hydrogen) atoms. The maximum atomic E-state index is 14.0. The molecule has 0 unspecified atom stereocenters. The van der Waals surface area contributed by atoms with Crippen LogP contribution >= 0.6 is 11.3 Å². The van der Waals surface area contributed by atoms with E-state index < -0.39 is 5.82 Å². The number of fused-ring (bicyclic) bond motifs is 1. The Morgan fingerprint density at radius 1 is 1.00 bits per heavy atom. The van der Waals surface area contributed by atoms with Gasteiger partial charge in [-0.25, -0.2) is 13.5 Å². The lowest BCUT2D eigenvalue weighted by Crippen LogP contribution is -2.49. The summed E-state index contributed by atoms with van der Waals surface area (Å²) in [5, 5.41) is 5.40. The molecule has 1 amide bonds. The van der Waals surface area contributed by atoms with E-state index in [9.17, 15) is 13.6 Å². The van der Waals surface area contributed by atoms with E-state index in [0.29, 0.717) is 26.2 Å². The second-order valence-electron chi connectivity index (χ2n) is 7.38. The third kappa shape index (κ3) is 3.54. The molecule has 158 valence electrons. The molecular weight excluding hydrogens is 420 g/mol. The standard InChI is InChI=1S/C22H19F2N5OS/c1-14-19-20(29(26-14)16-8-6-15(23)7-9-16)25-22(31-19)28-12-10-27(11-13-28)21(30)17-4-2-3-5-18(17)24/h2-9H,10-13H2,1H3. The van der Waals surface area contributed by atoms with Crippen LogP contribution in [0.15, 0.2) is 48.5 Å². The summed E-state index contributed by atoms with van der Waals surface area (Å²) in [6.45, 7) is 4.13. The first kappa shape index (κ1) is 19.6. The Morgan fingerprint density at radius 2 is 1.71 bits per heavy atom. The number of benzene rings is 2. The van der Waals surface area contributed by atoms with Crippen molar-refractivity contribution in [2.75, 3.05) is 31.1 Å². The van der Waals surface area contributed by atoms with Crippen molar-refractivity contribution >= 4 is 32.7 Å². The van der Waals surface area contributed by atoms with Gasteiger partial charge in [0, 0.05) is 26.2 Å². The van der Waals surface area contributed by atoms with Crippen LogP contribution in [0.5, 0.6) is 0 Å². The SMILES string of the molecule is Cc1nn(-c2ccc(F)cc2)c2nc(N3CCN(C(=O)c4ccccc4F)CC3)sc12. The fourth-order valence-electron chi connectivity index (χ4n) is 3.73. The number of aryl methyl sites for hydroxylation is 1. The number of rotatable bonds is 3. The Bertz CT molecular complexity index is 1260. The average Bonchev–Trinajstić information content (AvgIpc) is 3.35. The second kappa shape index (κ2) is 7.73. The number of aromatic nitrogens is 3. The largest absolute Gasteiger partial charge is 0.344 e. The number of piperazine rings is 1. The molecule has 0 bridgehead atoms. The van der Waals surface area contributed by atoms with Crippen LogP contribution in [0.2, 0.25) is 0 Å². The van der Waals surface area contributed by atoms with Crippen LogP contribution in [0.1, 0.15) is 16.1 Å². The lowest BCUT2D eigenvalue weighted by molar-refractivity contribution is 0.0742. The molecule has 3 heterocycles. The van der Waals surface area contributed by atoms with Gasteiger partial charge in [0.2, 0.25) is 0 Å². The Morgan fingerprint density at radius 3 is 2.42 bits per heavy atom. The smallest absolute Gasteiger partial charge is 0.256 e. The summed E-state index contributed by atoms with van der Waals surface area (Å²) in [5.41, 5.74) is 2.44. The molecule has 9 heteroatoms. The number of thiazole rings is 1. The van der Waals surface area contributed by atoms with Gasteiger partial charge in [-0.3, -0.25) is 4.79 Å². The molecule has 1 fully saturated rings. The summed E-state index contributed by atoms with van der Waals surface area (Å²) in [7, 11) is 0.